The Hall–Kier alpha value is -1.37. The van der Waals surface area contributed by atoms with Gasteiger partial charge in [0.1, 0.15) is 5.01 Å². The molecule has 0 unspecified atom stereocenters. The van der Waals surface area contributed by atoms with Gasteiger partial charge in [-0.15, -0.1) is 11.3 Å². The Kier molecular flexibility index (Phi) is 3.00. The van der Waals surface area contributed by atoms with E-state index >= 15 is 0 Å². The lowest BCUT2D eigenvalue weighted by molar-refractivity contribution is 1.19. The first kappa shape index (κ1) is 10.2. The van der Waals surface area contributed by atoms with E-state index in [4.69, 9.17) is 16.9 Å². The second kappa shape index (κ2) is 4.43. The standard InChI is InChI=1S/C11H7ClN2S/c12-9-3-1-8(2-4-9)10-7-14-11(15-10)5-6-13/h1-4,7H,5H2. The number of thiazole rings is 1. The molecular formula is C11H7ClN2S. The minimum atomic E-state index is 0.373. The van der Waals surface area contributed by atoms with Gasteiger partial charge in [-0.25, -0.2) is 4.98 Å². The topological polar surface area (TPSA) is 36.7 Å². The molecule has 1 heterocycles. The van der Waals surface area contributed by atoms with E-state index in [1.807, 2.05) is 24.3 Å². The van der Waals surface area contributed by atoms with E-state index < -0.39 is 0 Å². The Bertz CT molecular complexity index is 496. The average Bonchev–Trinajstić information content (AvgIpc) is 2.68. The fourth-order valence-corrected chi connectivity index (χ4v) is 2.19. The van der Waals surface area contributed by atoms with Crippen molar-refractivity contribution in [3.63, 3.8) is 0 Å². The van der Waals surface area contributed by atoms with Crippen molar-refractivity contribution in [1.82, 2.24) is 4.98 Å². The highest BCUT2D eigenvalue weighted by Gasteiger charge is 2.03. The summed E-state index contributed by atoms with van der Waals surface area (Å²) in [5.74, 6) is 0. The second-order valence-corrected chi connectivity index (χ2v) is 4.51. The fourth-order valence-electron chi connectivity index (χ4n) is 1.21. The number of benzene rings is 1. The van der Waals surface area contributed by atoms with Crippen LogP contribution in [0.4, 0.5) is 0 Å². The number of nitriles is 1. The van der Waals surface area contributed by atoms with Crippen molar-refractivity contribution in [1.29, 1.82) is 5.26 Å². The molecule has 0 saturated heterocycles. The molecule has 74 valence electrons. The van der Waals surface area contributed by atoms with Crippen LogP contribution in [0.1, 0.15) is 5.01 Å². The molecule has 15 heavy (non-hydrogen) atoms. The maximum atomic E-state index is 8.54. The molecule has 0 aliphatic carbocycles. The van der Waals surface area contributed by atoms with Crippen LogP contribution in [0.15, 0.2) is 30.5 Å². The lowest BCUT2D eigenvalue weighted by Crippen LogP contribution is -1.74. The minimum absolute atomic E-state index is 0.373. The highest BCUT2D eigenvalue weighted by Crippen LogP contribution is 2.27. The molecule has 0 spiro atoms. The van der Waals surface area contributed by atoms with Crippen LogP contribution in [0.5, 0.6) is 0 Å². The number of hydrogen-bond acceptors (Lipinski definition) is 3. The van der Waals surface area contributed by atoms with Gasteiger partial charge < -0.3 is 0 Å². The van der Waals surface area contributed by atoms with Crippen molar-refractivity contribution < 1.29 is 0 Å². The molecule has 0 radical (unpaired) electrons. The maximum absolute atomic E-state index is 8.54. The summed E-state index contributed by atoms with van der Waals surface area (Å²) in [6.45, 7) is 0. The van der Waals surface area contributed by atoms with E-state index in [1.165, 1.54) is 11.3 Å². The highest BCUT2D eigenvalue weighted by atomic mass is 35.5. The van der Waals surface area contributed by atoms with E-state index in [0.29, 0.717) is 6.42 Å². The van der Waals surface area contributed by atoms with Crippen LogP contribution in [-0.2, 0) is 6.42 Å². The summed E-state index contributed by atoms with van der Waals surface area (Å²) in [6.07, 6.45) is 2.17. The molecule has 4 heteroatoms. The molecule has 2 aromatic rings. The fraction of sp³-hybridized carbons (Fsp3) is 0.0909. The third-order valence-electron chi connectivity index (χ3n) is 1.91. The Balaban J connectivity index is 2.30. The van der Waals surface area contributed by atoms with E-state index in [0.717, 1.165) is 20.5 Å². The highest BCUT2D eigenvalue weighted by molar-refractivity contribution is 7.15. The van der Waals surface area contributed by atoms with Gasteiger partial charge in [-0.1, -0.05) is 23.7 Å². The van der Waals surface area contributed by atoms with Gasteiger partial charge in [0.25, 0.3) is 0 Å². The first-order valence-electron chi connectivity index (χ1n) is 4.37. The summed E-state index contributed by atoms with van der Waals surface area (Å²) in [6, 6.07) is 9.68. The van der Waals surface area contributed by atoms with Crippen LogP contribution >= 0.6 is 22.9 Å². The van der Waals surface area contributed by atoms with Crippen LogP contribution < -0.4 is 0 Å². The Morgan fingerprint density at radius 3 is 2.73 bits per heavy atom. The predicted molar refractivity (Wildman–Crippen MR) is 61.9 cm³/mol. The summed E-state index contributed by atoms with van der Waals surface area (Å²) < 4.78 is 0. The molecule has 0 bridgehead atoms. The summed E-state index contributed by atoms with van der Waals surface area (Å²) in [7, 11) is 0. The zero-order valence-corrected chi connectivity index (χ0v) is 9.35. The van der Waals surface area contributed by atoms with E-state index in [-0.39, 0.29) is 0 Å². The number of hydrogen-bond donors (Lipinski definition) is 0. The Labute approximate surface area is 96.8 Å². The van der Waals surface area contributed by atoms with Crippen molar-refractivity contribution in [3.05, 3.63) is 40.5 Å². The molecular weight excluding hydrogens is 228 g/mol. The zero-order valence-electron chi connectivity index (χ0n) is 7.77. The smallest absolute Gasteiger partial charge is 0.107 e. The first-order chi connectivity index (χ1) is 7.29. The monoisotopic (exact) mass is 234 g/mol. The van der Waals surface area contributed by atoms with Crippen molar-refractivity contribution in [3.8, 4) is 16.5 Å². The predicted octanol–water partition coefficient (Wildman–Crippen LogP) is 3.53. The van der Waals surface area contributed by atoms with Gasteiger partial charge in [0.05, 0.1) is 17.4 Å². The molecule has 0 aliphatic rings. The van der Waals surface area contributed by atoms with Crippen molar-refractivity contribution >= 4 is 22.9 Å². The largest absolute Gasteiger partial charge is 0.248 e. The van der Waals surface area contributed by atoms with Gasteiger partial charge in [0, 0.05) is 11.2 Å². The average molecular weight is 235 g/mol. The van der Waals surface area contributed by atoms with Crippen molar-refractivity contribution in [2.24, 2.45) is 0 Å². The molecule has 2 rings (SSSR count). The second-order valence-electron chi connectivity index (χ2n) is 2.96. The van der Waals surface area contributed by atoms with Crippen molar-refractivity contribution in [2.45, 2.75) is 6.42 Å². The first-order valence-corrected chi connectivity index (χ1v) is 5.56. The summed E-state index contributed by atoms with van der Waals surface area (Å²) >= 11 is 7.34. The van der Waals surface area contributed by atoms with Crippen LogP contribution in [0.3, 0.4) is 0 Å². The van der Waals surface area contributed by atoms with Crippen LogP contribution in [0, 0.1) is 11.3 Å². The van der Waals surface area contributed by atoms with Gasteiger partial charge in [0.15, 0.2) is 0 Å². The number of aromatic nitrogens is 1. The molecule has 2 nitrogen and oxygen atoms in total. The van der Waals surface area contributed by atoms with Crippen LogP contribution in [0.2, 0.25) is 5.02 Å². The number of halogens is 1. The molecule has 1 aromatic heterocycles. The molecule has 0 atom stereocenters. The van der Waals surface area contributed by atoms with Gasteiger partial charge >= 0.3 is 0 Å². The minimum Gasteiger partial charge on any atom is -0.248 e. The lowest BCUT2D eigenvalue weighted by Gasteiger charge is -1.95. The molecule has 1 aromatic carbocycles. The van der Waals surface area contributed by atoms with Gasteiger partial charge in [-0.05, 0) is 17.7 Å². The van der Waals surface area contributed by atoms with Crippen molar-refractivity contribution in [2.75, 3.05) is 0 Å². The third kappa shape index (κ3) is 2.35. The number of nitrogens with zero attached hydrogens (tertiary/aromatic N) is 2. The van der Waals surface area contributed by atoms with Crippen LogP contribution in [0.25, 0.3) is 10.4 Å². The number of rotatable bonds is 2. The molecule has 0 fully saturated rings. The molecule has 0 aliphatic heterocycles. The normalized spacial score (nSPS) is 9.87. The van der Waals surface area contributed by atoms with Gasteiger partial charge in [-0.2, -0.15) is 5.26 Å². The maximum Gasteiger partial charge on any atom is 0.107 e. The molecule has 0 saturated carbocycles. The van der Waals surface area contributed by atoms with Crippen LogP contribution in [-0.4, -0.2) is 4.98 Å². The quantitative estimate of drug-likeness (QED) is 0.797. The lowest BCUT2D eigenvalue weighted by atomic mass is 10.2. The van der Waals surface area contributed by atoms with E-state index in [1.54, 1.807) is 6.20 Å². The summed E-state index contributed by atoms with van der Waals surface area (Å²) in [5.41, 5.74) is 1.08. The molecule has 0 N–H and O–H groups in total. The molecule has 0 amide bonds. The summed E-state index contributed by atoms with van der Waals surface area (Å²) in [4.78, 5) is 5.23. The van der Waals surface area contributed by atoms with Gasteiger partial charge in [0.2, 0.25) is 0 Å². The summed E-state index contributed by atoms with van der Waals surface area (Å²) in [5, 5.41) is 10.1. The SMILES string of the molecule is N#CCc1ncc(-c2ccc(Cl)cc2)s1. The zero-order chi connectivity index (χ0) is 10.7. The third-order valence-corrected chi connectivity index (χ3v) is 3.21. The van der Waals surface area contributed by atoms with Gasteiger partial charge in [-0.3, -0.25) is 0 Å². The Morgan fingerprint density at radius 2 is 2.07 bits per heavy atom. The van der Waals surface area contributed by atoms with E-state index in [2.05, 4.69) is 11.1 Å². The van der Waals surface area contributed by atoms with E-state index in [9.17, 15) is 0 Å². The Morgan fingerprint density at radius 1 is 1.33 bits per heavy atom.